The predicted octanol–water partition coefficient (Wildman–Crippen LogP) is 3.07. The number of carbonyl (C=O) groups excluding carboxylic acids is 2. The van der Waals surface area contributed by atoms with Gasteiger partial charge in [-0.25, -0.2) is 4.39 Å². The zero-order valence-electron chi connectivity index (χ0n) is 15.2. The van der Waals surface area contributed by atoms with E-state index in [2.05, 4.69) is 10.6 Å². The molecule has 6 heteroatoms. The molecule has 1 atom stereocenters. The van der Waals surface area contributed by atoms with Crippen molar-refractivity contribution >= 4 is 17.5 Å². The van der Waals surface area contributed by atoms with E-state index in [1.165, 1.54) is 24.3 Å². The molecule has 2 amide bonds. The molecule has 0 fully saturated rings. The summed E-state index contributed by atoms with van der Waals surface area (Å²) in [6.45, 7) is 6.01. The third-order valence-electron chi connectivity index (χ3n) is 3.95. The number of benzene rings is 2. The standard InChI is InChI=1S/C20H24FN3O2/c1-20(2,3)17(22)19(26)23-12-13-6-4-9-16(10-13)24-18(25)14-7-5-8-15(21)11-14/h4-11,17H,12,22H2,1-3H3,(H,23,26)(H,24,25)/t17-/m1/s1. The Morgan fingerprint density at radius 3 is 2.46 bits per heavy atom. The lowest BCUT2D eigenvalue weighted by Gasteiger charge is -2.25. The smallest absolute Gasteiger partial charge is 0.255 e. The Morgan fingerprint density at radius 2 is 1.81 bits per heavy atom. The van der Waals surface area contributed by atoms with Crippen LogP contribution in [-0.2, 0) is 11.3 Å². The monoisotopic (exact) mass is 357 g/mol. The Labute approximate surface area is 152 Å². The molecule has 2 aromatic carbocycles. The number of nitrogens with two attached hydrogens (primary N) is 1. The van der Waals surface area contributed by atoms with Crippen LogP contribution in [0.3, 0.4) is 0 Å². The van der Waals surface area contributed by atoms with Gasteiger partial charge in [0.2, 0.25) is 5.91 Å². The van der Waals surface area contributed by atoms with Crippen molar-refractivity contribution in [1.82, 2.24) is 5.32 Å². The minimum absolute atomic E-state index is 0.230. The maximum atomic E-state index is 13.2. The van der Waals surface area contributed by atoms with Crippen LogP contribution in [0.2, 0.25) is 0 Å². The van der Waals surface area contributed by atoms with Crippen LogP contribution in [-0.4, -0.2) is 17.9 Å². The highest BCUT2D eigenvalue weighted by Gasteiger charge is 2.27. The van der Waals surface area contributed by atoms with Gasteiger partial charge < -0.3 is 16.4 Å². The van der Waals surface area contributed by atoms with Crippen molar-refractivity contribution in [3.63, 3.8) is 0 Å². The van der Waals surface area contributed by atoms with Crippen LogP contribution in [0.15, 0.2) is 48.5 Å². The summed E-state index contributed by atoms with van der Waals surface area (Å²) in [5.41, 5.74) is 7.22. The fourth-order valence-corrected chi connectivity index (χ4v) is 2.28. The number of halogens is 1. The summed E-state index contributed by atoms with van der Waals surface area (Å²) in [6.07, 6.45) is 0. The van der Waals surface area contributed by atoms with Crippen molar-refractivity contribution in [1.29, 1.82) is 0 Å². The van der Waals surface area contributed by atoms with Gasteiger partial charge in [-0.15, -0.1) is 0 Å². The van der Waals surface area contributed by atoms with E-state index < -0.39 is 17.8 Å². The first-order valence-corrected chi connectivity index (χ1v) is 8.36. The summed E-state index contributed by atoms with van der Waals surface area (Å²) in [6, 6.07) is 11.9. The second-order valence-corrected chi connectivity index (χ2v) is 7.23. The van der Waals surface area contributed by atoms with E-state index in [1.54, 1.807) is 18.2 Å². The molecule has 0 spiro atoms. The van der Waals surface area contributed by atoms with Crippen molar-refractivity contribution in [2.75, 3.05) is 5.32 Å². The van der Waals surface area contributed by atoms with Gasteiger partial charge in [0.25, 0.3) is 5.91 Å². The van der Waals surface area contributed by atoms with Crippen molar-refractivity contribution in [3.05, 3.63) is 65.5 Å². The summed E-state index contributed by atoms with van der Waals surface area (Å²) in [4.78, 5) is 24.3. The molecule has 0 aliphatic heterocycles. The van der Waals surface area contributed by atoms with Crippen LogP contribution in [0.1, 0.15) is 36.7 Å². The highest BCUT2D eigenvalue weighted by molar-refractivity contribution is 6.04. The summed E-state index contributed by atoms with van der Waals surface area (Å²) >= 11 is 0. The maximum absolute atomic E-state index is 13.2. The number of hydrogen-bond acceptors (Lipinski definition) is 3. The highest BCUT2D eigenvalue weighted by Crippen LogP contribution is 2.18. The number of amides is 2. The van der Waals surface area contributed by atoms with Crippen LogP contribution >= 0.6 is 0 Å². The molecule has 0 aliphatic carbocycles. The summed E-state index contributed by atoms with van der Waals surface area (Å²) < 4.78 is 13.2. The van der Waals surface area contributed by atoms with Crippen LogP contribution < -0.4 is 16.4 Å². The number of carbonyl (C=O) groups is 2. The SMILES string of the molecule is CC(C)(C)[C@H](N)C(=O)NCc1cccc(NC(=O)c2cccc(F)c2)c1. The number of hydrogen-bond donors (Lipinski definition) is 3. The summed E-state index contributed by atoms with van der Waals surface area (Å²) in [5, 5.41) is 5.52. The average Bonchev–Trinajstić information content (AvgIpc) is 2.58. The first kappa shape index (κ1) is 19.6. The van der Waals surface area contributed by atoms with Crippen LogP contribution in [0.4, 0.5) is 10.1 Å². The number of rotatable bonds is 5. The minimum Gasteiger partial charge on any atom is -0.351 e. The topological polar surface area (TPSA) is 84.2 Å². The molecule has 5 nitrogen and oxygen atoms in total. The van der Waals surface area contributed by atoms with E-state index in [-0.39, 0.29) is 16.9 Å². The molecule has 0 unspecified atom stereocenters. The molecule has 138 valence electrons. The molecule has 2 rings (SSSR count). The summed E-state index contributed by atoms with van der Waals surface area (Å²) in [7, 11) is 0. The fourth-order valence-electron chi connectivity index (χ4n) is 2.28. The van der Waals surface area contributed by atoms with Crippen LogP contribution in [0, 0.1) is 11.2 Å². The highest BCUT2D eigenvalue weighted by atomic mass is 19.1. The first-order chi connectivity index (χ1) is 12.2. The Hall–Kier alpha value is -2.73. The van der Waals surface area contributed by atoms with E-state index in [4.69, 9.17) is 5.73 Å². The molecule has 0 aliphatic rings. The van der Waals surface area contributed by atoms with Gasteiger partial charge in [0, 0.05) is 17.8 Å². The lowest BCUT2D eigenvalue weighted by molar-refractivity contribution is -0.124. The van der Waals surface area contributed by atoms with E-state index >= 15 is 0 Å². The van der Waals surface area contributed by atoms with E-state index in [1.807, 2.05) is 26.8 Å². The van der Waals surface area contributed by atoms with Crippen LogP contribution in [0.25, 0.3) is 0 Å². The average molecular weight is 357 g/mol. The molecule has 0 radical (unpaired) electrons. The molecular weight excluding hydrogens is 333 g/mol. The molecule has 0 bridgehead atoms. The third-order valence-corrected chi connectivity index (χ3v) is 3.95. The van der Waals surface area contributed by atoms with Crippen molar-refractivity contribution < 1.29 is 14.0 Å². The zero-order chi connectivity index (χ0) is 19.3. The van der Waals surface area contributed by atoms with Gasteiger partial charge in [0.05, 0.1) is 6.04 Å². The minimum atomic E-state index is -0.613. The Balaban J connectivity index is 1.99. The predicted molar refractivity (Wildman–Crippen MR) is 100 cm³/mol. The van der Waals surface area contributed by atoms with E-state index in [0.29, 0.717) is 12.2 Å². The molecule has 26 heavy (non-hydrogen) atoms. The Bertz CT molecular complexity index is 800. The van der Waals surface area contributed by atoms with Gasteiger partial charge in [0.15, 0.2) is 0 Å². The van der Waals surface area contributed by atoms with Gasteiger partial charge in [-0.2, -0.15) is 0 Å². The van der Waals surface area contributed by atoms with Gasteiger partial charge in [-0.1, -0.05) is 39.0 Å². The quantitative estimate of drug-likeness (QED) is 0.769. The molecule has 0 saturated heterocycles. The van der Waals surface area contributed by atoms with E-state index in [0.717, 1.165) is 5.56 Å². The largest absolute Gasteiger partial charge is 0.351 e. The van der Waals surface area contributed by atoms with E-state index in [9.17, 15) is 14.0 Å². The van der Waals surface area contributed by atoms with Crippen molar-refractivity contribution in [2.24, 2.45) is 11.1 Å². The van der Waals surface area contributed by atoms with Crippen molar-refractivity contribution in [2.45, 2.75) is 33.4 Å². The van der Waals surface area contributed by atoms with Gasteiger partial charge >= 0.3 is 0 Å². The van der Waals surface area contributed by atoms with Gasteiger partial charge in [0.1, 0.15) is 5.82 Å². The van der Waals surface area contributed by atoms with Gasteiger partial charge in [-0.05, 0) is 41.3 Å². The number of nitrogens with one attached hydrogen (secondary N) is 2. The molecule has 4 N–H and O–H groups in total. The molecule has 2 aromatic rings. The Kier molecular flexibility index (Phi) is 6.10. The first-order valence-electron chi connectivity index (χ1n) is 8.36. The molecular formula is C20H24FN3O2. The van der Waals surface area contributed by atoms with Gasteiger partial charge in [-0.3, -0.25) is 9.59 Å². The van der Waals surface area contributed by atoms with Crippen molar-refractivity contribution in [3.8, 4) is 0 Å². The summed E-state index contributed by atoms with van der Waals surface area (Å²) in [5.74, 6) is -1.10. The second-order valence-electron chi connectivity index (χ2n) is 7.23. The lowest BCUT2D eigenvalue weighted by Crippen LogP contribution is -2.48. The lowest BCUT2D eigenvalue weighted by atomic mass is 9.87. The number of anilines is 1. The normalized spacial score (nSPS) is 12.3. The molecule has 0 saturated carbocycles. The maximum Gasteiger partial charge on any atom is 0.255 e. The molecule has 0 heterocycles. The fraction of sp³-hybridized carbons (Fsp3) is 0.300. The zero-order valence-corrected chi connectivity index (χ0v) is 15.2. The Morgan fingerprint density at radius 1 is 1.12 bits per heavy atom. The third kappa shape index (κ3) is 5.39. The molecule has 0 aromatic heterocycles. The van der Waals surface area contributed by atoms with Crippen LogP contribution in [0.5, 0.6) is 0 Å². The second kappa shape index (κ2) is 8.10.